The average molecular weight is 535 g/mol. The Hall–Kier alpha value is -4.69. The highest BCUT2D eigenvalue weighted by atomic mass is 32.2. The number of aromatic nitrogens is 1. The van der Waals surface area contributed by atoms with E-state index in [2.05, 4.69) is 15.6 Å². The maximum absolute atomic E-state index is 13.0. The third-order valence-electron chi connectivity index (χ3n) is 6.68. The van der Waals surface area contributed by atoms with Gasteiger partial charge in [0.2, 0.25) is 5.91 Å². The van der Waals surface area contributed by atoms with Gasteiger partial charge < -0.3 is 25.3 Å². The molecule has 6 rings (SSSR count). The number of benzene rings is 4. The SMILES string of the molecule is COc1cccc(-c2ccc3[nH]cc(NC(=O)Nc4ccc5c(c4)N(Cc4ccccc4)C(=O)CS5)c3c2)c1. The molecule has 0 fully saturated rings. The Morgan fingerprint density at radius 3 is 2.64 bits per heavy atom. The van der Waals surface area contributed by atoms with Gasteiger partial charge in [0, 0.05) is 27.7 Å². The number of carbonyl (C=O) groups is 2. The standard InChI is InChI=1S/C31H26N4O3S/c1-38-24-9-5-8-21(14-24)22-10-12-26-25(15-22)27(17-32-26)34-31(37)33-23-11-13-29-28(16-23)35(30(36)19-39-29)18-20-6-3-2-4-7-20/h2-17,32H,18-19H2,1H3,(H2,33,34,37). The molecule has 1 aromatic heterocycles. The van der Waals surface area contributed by atoms with Gasteiger partial charge in [0.25, 0.3) is 0 Å². The topological polar surface area (TPSA) is 86.5 Å². The Bertz CT molecular complexity index is 1680. The Morgan fingerprint density at radius 2 is 1.79 bits per heavy atom. The molecule has 7 nitrogen and oxygen atoms in total. The number of urea groups is 1. The van der Waals surface area contributed by atoms with E-state index >= 15 is 0 Å². The zero-order valence-electron chi connectivity index (χ0n) is 21.2. The summed E-state index contributed by atoms with van der Waals surface area (Å²) in [5, 5.41) is 6.79. The number of thioether (sulfide) groups is 1. The maximum Gasteiger partial charge on any atom is 0.323 e. The predicted octanol–water partition coefficient (Wildman–Crippen LogP) is 7.13. The number of H-pyrrole nitrogens is 1. The number of anilines is 3. The molecule has 0 saturated heterocycles. The van der Waals surface area contributed by atoms with Crippen LogP contribution in [-0.2, 0) is 11.3 Å². The maximum atomic E-state index is 13.0. The van der Waals surface area contributed by atoms with Crippen LogP contribution >= 0.6 is 11.8 Å². The fourth-order valence-electron chi connectivity index (χ4n) is 4.71. The number of amides is 3. The number of carbonyl (C=O) groups excluding carboxylic acids is 2. The van der Waals surface area contributed by atoms with Crippen LogP contribution in [0.2, 0.25) is 0 Å². The molecule has 0 radical (unpaired) electrons. The summed E-state index contributed by atoms with van der Waals surface area (Å²) < 4.78 is 5.36. The first-order valence-corrected chi connectivity index (χ1v) is 13.5. The second kappa shape index (κ2) is 10.6. The van der Waals surface area contributed by atoms with Gasteiger partial charge >= 0.3 is 6.03 Å². The van der Waals surface area contributed by atoms with E-state index in [1.54, 1.807) is 18.2 Å². The number of fused-ring (bicyclic) bond motifs is 2. The molecule has 1 aliphatic rings. The van der Waals surface area contributed by atoms with Gasteiger partial charge in [-0.3, -0.25) is 4.79 Å². The summed E-state index contributed by atoms with van der Waals surface area (Å²) in [5.74, 6) is 1.22. The highest BCUT2D eigenvalue weighted by Crippen LogP contribution is 2.38. The van der Waals surface area contributed by atoms with E-state index in [9.17, 15) is 9.59 Å². The first kappa shape index (κ1) is 24.6. The molecular formula is C31H26N4O3S. The van der Waals surface area contributed by atoms with E-state index in [1.807, 2.05) is 91.0 Å². The third kappa shape index (κ3) is 5.19. The van der Waals surface area contributed by atoms with Crippen molar-refractivity contribution in [2.75, 3.05) is 28.4 Å². The number of hydrogen-bond acceptors (Lipinski definition) is 4. The molecule has 8 heteroatoms. The lowest BCUT2D eigenvalue weighted by atomic mass is 10.0. The monoisotopic (exact) mass is 534 g/mol. The van der Waals surface area contributed by atoms with Gasteiger partial charge in [-0.25, -0.2) is 4.79 Å². The van der Waals surface area contributed by atoms with Crippen molar-refractivity contribution in [1.29, 1.82) is 0 Å². The van der Waals surface area contributed by atoms with Crippen molar-refractivity contribution in [3.8, 4) is 16.9 Å². The fourth-order valence-corrected chi connectivity index (χ4v) is 5.63. The van der Waals surface area contributed by atoms with Gasteiger partial charge in [-0.2, -0.15) is 0 Å². The number of methoxy groups -OCH3 is 1. The van der Waals surface area contributed by atoms with E-state index in [0.29, 0.717) is 23.7 Å². The molecule has 194 valence electrons. The lowest BCUT2D eigenvalue weighted by Crippen LogP contribution is -2.34. The van der Waals surface area contributed by atoms with Gasteiger partial charge in [0.1, 0.15) is 5.75 Å². The molecule has 2 heterocycles. The number of hydrogen-bond donors (Lipinski definition) is 3. The number of nitrogens with one attached hydrogen (secondary N) is 3. The summed E-state index contributed by atoms with van der Waals surface area (Å²) in [4.78, 5) is 31.8. The largest absolute Gasteiger partial charge is 0.497 e. The third-order valence-corrected chi connectivity index (χ3v) is 7.72. The predicted molar refractivity (Wildman–Crippen MR) is 158 cm³/mol. The van der Waals surface area contributed by atoms with Crippen molar-refractivity contribution in [2.45, 2.75) is 11.4 Å². The molecular weight excluding hydrogens is 508 g/mol. The summed E-state index contributed by atoms with van der Waals surface area (Å²) in [6.45, 7) is 0.480. The van der Waals surface area contributed by atoms with Crippen molar-refractivity contribution in [3.05, 3.63) is 103 Å². The minimum atomic E-state index is -0.368. The molecule has 0 bridgehead atoms. The Kier molecular flexibility index (Phi) is 6.69. The van der Waals surface area contributed by atoms with Crippen LogP contribution in [0.25, 0.3) is 22.0 Å². The molecule has 3 N–H and O–H groups in total. The Morgan fingerprint density at radius 1 is 0.949 bits per heavy atom. The lowest BCUT2D eigenvalue weighted by molar-refractivity contribution is -0.116. The summed E-state index contributed by atoms with van der Waals surface area (Å²) in [6.07, 6.45) is 1.78. The Labute approximate surface area is 230 Å². The number of nitrogens with zero attached hydrogens (tertiary/aromatic N) is 1. The van der Waals surface area contributed by atoms with Gasteiger partial charge in [0.15, 0.2) is 0 Å². The second-order valence-electron chi connectivity index (χ2n) is 9.21. The van der Waals surface area contributed by atoms with Crippen molar-refractivity contribution in [2.24, 2.45) is 0 Å². The fraction of sp³-hybridized carbons (Fsp3) is 0.0968. The first-order valence-electron chi connectivity index (χ1n) is 12.5. The summed E-state index contributed by atoms with van der Waals surface area (Å²) in [5.41, 5.74) is 6.07. The van der Waals surface area contributed by atoms with Gasteiger partial charge in [0.05, 0.1) is 30.8 Å². The molecule has 0 atom stereocenters. The van der Waals surface area contributed by atoms with Crippen LogP contribution in [0.15, 0.2) is 102 Å². The summed E-state index contributed by atoms with van der Waals surface area (Å²) in [6, 6.07) is 29.1. The van der Waals surface area contributed by atoms with E-state index in [-0.39, 0.29) is 11.9 Å². The first-order chi connectivity index (χ1) is 19.1. The van der Waals surface area contributed by atoms with Crippen molar-refractivity contribution in [1.82, 2.24) is 4.98 Å². The smallest absolute Gasteiger partial charge is 0.323 e. The highest BCUT2D eigenvalue weighted by Gasteiger charge is 2.25. The van der Waals surface area contributed by atoms with Gasteiger partial charge in [-0.15, -0.1) is 11.8 Å². The zero-order chi connectivity index (χ0) is 26.8. The van der Waals surface area contributed by atoms with Gasteiger partial charge in [-0.05, 0) is 59.2 Å². The van der Waals surface area contributed by atoms with Crippen LogP contribution in [0, 0.1) is 0 Å². The number of aromatic amines is 1. The molecule has 1 aliphatic heterocycles. The van der Waals surface area contributed by atoms with Crippen LogP contribution in [-0.4, -0.2) is 29.8 Å². The quantitative estimate of drug-likeness (QED) is 0.216. The molecule has 3 amide bonds. The summed E-state index contributed by atoms with van der Waals surface area (Å²) >= 11 is 1.51. The lowest BCUT2D eigenvalue weighted by Gasteiger charge is -2.29. The molecule has 0 spiro atoms. The van der Waals surface area contributed by atoms with Crippen LogP contribution in [0.5, 0.6) is 5.75 Å². The number of rotatable bonds is 6. The van der Waals surface area contributed by atoms with E-state index in [4.69, 9.17) is 4.74 Å². The molecule has 0 aliphatic carbocycles. The highest BCUT2D eigenvalue weighted by molar-refractivity contribution is 8.00. The summed E-state index contributed by atoms with van der Waals surface area (Å²) in [7, 11) is 1.65. The van der Waals surface area contributed by atoms with Gasteiger partial charge in [-0.1, -0.05) is 48.5 Å². The van der Waals surface area contributed by atoms with E-state index in [1.165, 1.54) is 11.8 Å². The normalized spacial score (nSPS) is 12.7. The van der Waals surface area contributed by atoms with Crippen LogP contribution < -0.4 is 20.3 Å². The molecule has 5 aromatic rings. The average Bonchev–Trinajstić information content (AvgIpc) is 3.37. The molecule has 0 unspecified atom stereocenters. The minimum Gasteiger partial charge on any atom is -0.497 e. The molecule has 4 aromatic carbocycles. The van der Waals surface area contributed by atoms with Crippen LogP contribution in [0.1, 0.15) is 5.56 Å². The van der Waals surface area contributed by atoms with Crippen molar-refractivity contribution >= 4 is 51.7 Å². The van der Waals surface area contributed by atoms with Crippen LogP contribution in [0.3, 0.4) is 0 Å². The van der Waals surface area contributed by atoms with Crippen molar-refractivity contribution < 1.29 is 14.3 Å². The Balaban J connectivity index is 1.22. The minimum absolute atomic E-state index is 0.0450. The van der Waals surface area contributed by atoms with Crippen molar-refractivity contribution in [3.63, 3.8) is 0 Å². The van der Waals surface area contributed by atoms with E-state index in [0.717, 1.165) is 43.9 Å². The zero-order valence-corrected chi connectivity index (χ0v) is 22.0. The van der Waals surface area contributed by atoms with Crippen LogP contribution in [0.4, 0.5) is 21.9 Å². The number of ether oxygens (including phenoxy) is 1. The molecule has 0 saturated carbocycles. The molecule has 39 heavy (non-hydrogen) atoms. The van der Waals surface area contributed by atoms with E-state index < -0.39 is 0 Å². The second-order valence-corrected chi connectivity index (χ2v) is 10.2.